The minimum atomic E-state index is -0.685. The summed E-state index contributed by atoms with van der Waals surface area (Å²) in [7, 11) is 3.98. The number of nitrogen functional groups attached to an aromatic ring is 1. The molecule has 1 saturated heterocycles. The average molecular weight is 506 g/mol. The molecule has 3 heterocycles. The van der Waals surface area contributed by atoms with Gasteiger partial charge in [0.2, 0.25) is 5.95 Å². The molecule has 2 aromatic carbocycles. The van der Waals surface area contributed by atoms with Crippen molar-refractivity contribution in [3.05, 3.63) is 75.8 Å². The van der Waals surface area contributed by atoms with Gasteiger partial charge in [0.1, 0.15) is 11.6 Å². The second-order valence-corrected chi connectivity index (χ2v) is 9.59. The van der Waals surface area contributed by atoms with Crippen LogP contribution in [0.15, 0.2) is 47.3 Å². The number of nitrogens with zero attached hydrogens (tertiary/aromatic N) is 3. The molecule has 5 rings (SSSR count). The zero-order valence-corrected chi connectivity index (χ0v) is 21.1. The van der Waals surface area contributed by atoms with Crippen LogP contribution in [0.2, 0.25) is 0 Å². The van der Waals surface area contributed by atoms with E-state index in [1.807, 2.05) is 32.3 Å². The lowest BCUT2D eigenvalue weighted by Crippen LogP contribution is -2.37. The number of pyridine rings is 2. The molecule has 1 aliphatic heterocycles. The molecule has 192 valence electrons. The summed E-state index contributed by atoms with van der Waals surface area (Å²) in [6, 6.07) is 12.3. The van der Waals surface area contributed by atoms with Crippen LogP contribution in [0, 0.1) is 18.7 Å². The highest BCUT2D eigenvalue weighted by molar-refractivity contribution is 5.90. The second-order valence-electron chi connectivity index (χ2n) is 9.59. The Kier molecular flexibility index (Phi) is 6.66. The lowest BCUT2D eigenvalue weighted by molar-refractivity contribution is 0.122. The predicted octanol–water partition coefficient (Wildman–Crippen LogP) is 4.32. The third-order valence-corrected chi connectivity index (χ3v) is 6.68. The fourth-order valence-electron chi connectivity index (χ4n) is 4.86. The van der Waals surface area contributed by atoms with E-state index in [9.17, 15) is 9.18 Å². The summed E-state index contributed by atoms with van der Waals surface area (Å²) in [4.78, 5) is 23.1. The molecule has 0 bridgehead atoms. The Balaban J connectivity index is 1.62. The van der Waals surface area contributed by atoms with Crippen LogP contribution in [0.4, 0.5) is 20.3 Å². The number of nitrogens with two attached hydrogens (primary N) is 1. The molecule has 0 aliphatic carbocycles. The van der Waals surface area contributed by atoms with Crippen molar-refractivity contribution >= 4 is 22.3 Å². The number of nitrogens with one attached hydrogen (secondary N) is 1. The number of aryl methyl sites for hydroxylation is 1. The Hall–Kier alpha value is -3.82. The van der Waals surface area contributed by atoms with Gasteiger partial charge in [0.05, 0.1) is 18.9 Å². The number of fused-ring (bicyclic) bond motifs is 1. The van der Waals surface area contributed by atoms with Gasteiger partial charge in [-0.1, -0.05) is 12.1 Å². The van der Waals surface area contributed by atoms with Crippen molar-refractivity contribution in [3.63, 3.8) is 0 Å². The van der Waals surface area contributed by atoms with E-state index >= 15 is 4.39 Å². The molecule has 0 amide bonds. The van der Waals surface area contributed by atoms with Crippen molar-refractivity contribution in [1.82, 2.24) is 14.9 Å². The minimum Gasteiger partial charge on any atom is -0.383 e. The van der Waals surface area contributed by atoms with Crippen molar-refractivity contribution in [3.8, 4) is 22.3 Å². The second kappa shape index (κ2) is 9.91. The van der Waals surface area contributed by atoms with Crippen LogP contribution >= 0.6 is 0 Å². The SMILES string of the molecule is Cc1[nH]c(=O)c2ccc(-c3cc(-c4ccc(N5CCOCC5)c(CN(C)C)c4)c(F)nc3N)cc2c1F. The molecule has 0 unspecified atom stereocenters. The van der Waals surface area contributed by atoms with Crippen LogP contribution in [-0.4, -0.2) is 55.3 Å². The monoisotopic (exact) mass is 505 g/mol. The number of morpholine rings is 1. The lowest BCUT2D eigenvalue weighted by Gasteiger charge is -2.31. The van der Waals surface area contributed by atoms with Crippen LogP contribution in [0.3, 0.4) is 0 Å². The molecule has 1 aliphatic rings. The highest BCUT2D eigenvalue weighted by atomic mass is 19.1. The maximum Gasteiger partial charge on any atom is 0.256 e. The van der Waals surface area contributed by atoms with Crippen molar-refractivity contribution in [2.45, 2.75) is 13.5 Å². The van der Waals surface area contributed by atoms with Gasteiger partial charge >= 0.3 is 0 Å². The Morgan fingerprint density at radius 2 is 1.73 bits per heavy atom. The molecule has 2 aromatic heterocycles. The smallest absolute Gasteiger partial charge is 0.256 e. The standard InChI is InChI=1S/C28H29F2N5O2/c1-16-25(29)23-13-18(4-6-20(23)28(36)32-16)22-14-21(26(30)33-27(22)31)17-5-7-24(19(12-17)15-34(2)3)35-8-10-37-11-9-35/h4-7,12-14H,8-11,15H2,1-3H3,(H2,31,33)(H,32,36). The first-order chi connectivity index (χ1) is 17.7. The quantitative estimate of drug-likeness (QED) is 0.393. The maximum atomic E-state index is 15.2. The number of H-pyrrole nitrogens is 1. The molecular weight excluding hydrogens is 476 g/mol. The fraction of sp³-hybridized carbons (Fsp3) is 0.286. The van der Waals surface area contributed by atoms with Gasteiger partial charge in [0.25, 0.3) is 5.56 Å². The van der Waals surface area contributed by atoms with Crippen molar-refractivity contribution in [2.24, 2.45) is 0 Å². The fourth-order valence-corrected chi connectivity index (χ4v) is 4.86. The topological polar surface area (TPSA) is 87.5 Å². The molecule has 3 N–H and O–H groups in total. The Labute approximate surface area is 213 Å². The van der Waals surface area contributed by atoms with Gasteiger partial charge in [-0.05, 0) is 68.0 Å². The van der Waals surface area contributed by atoms with Crippen molar-refractivity contribution in [1.29, 1.82) is 0 Å². The van der Waals surface area contributed by atoms with Crippen LogP contribution in [0.1, 0.15) is 11.3 Å². The lowest BCUT2D eigenvalue weighted by atomic mass is 9.97. The van der Waals surface area contributed by atoms with Gasteiger partial charge in [0, 0.05) is 47.2 Å². The molecule has 0 atom stereocenters. The maximum absolute atomic E-state index is 15.2. The van der Waals surface area contributed by atoms with Gasteiger partial charge < -0.3 is 25.3 Å². The molecule has 37 heavy (non-hydrogen) atoms. The number of aromatic amines is 1. The van der Waals surface area contributed by atoms with Crippen LogP contribution in [0.5, 0.6) is 0 Å². The molecule has 4 aromatic rings. The highest BCUT2D eigenvalue weighted by Gasteiger charge is 2.19. The Morgan fingerprint density at radius 3 is 2.46 bits per heavy atom. The van der Waals surface area contributed by atoms with E-state index in [4.69, 9.17) is 10.5 Å². The number of hydrogen-bond donors (Lipinski definition) is 2. The van der Waals surface area contributed by atoms with E-state index in [0.717, 1.165) is 24.3 Å². The predicted molar refractivity (Wildman–Crippen MR) is 143 cm³/mol. The van der Waals surface area contributed by atoms with Gasteiger partial charge in [-0.25, -0.2) is 9.37 Å². The van der Waals surface area contributed by atoms with Gasteiger partial charge in [-0.2, -0.15) is 4.39 Å². The van der Waals surface area contributed by atoms with Gasteiger partial charge in [-0.3, -0.25) is 4.79 Å². The van der Waals surface area contributed by atoms with E-state index in [2.05, 4.69) is 19.8 Å². The summed E-state index contributed by atoms with van der Waals surface area (Å²) < 4.78 is 35.5. The van der Waals surface area contributed by atoms with E-state index in [0.29, 0.717) is 42.0 Å². The first-order valence-electron chi connectivity index (χ1n) is 12.1. The molecule has 0 spiro atoms. The number of hydrogen-bond acceptors (Lipinski definition) is 6. The number of rotatable bonds is 5. The zero-order valence-electron chi connectivity index (χ0n) is 21.1. The molecule has 9 heteroatoms. The number of anilines is 2. The third kappa shape index (κ3) is 4.80. The summed E-state index contributed by atoms with van der Waals surface area (Å²) in [5.74, 6) is -1.21. The molecule has 7 nitrogen and oxygen atoms in total. The third-order valence-electron chi connectivity index (χ3n) is 6.68. The number of ether oxygens (including phenoxy) is 1. The number of benzene rings is 2. The summed E-state index contributed by atoms with van der Waals surface area (Å²) >= 11 is 0. The van der Waals surface area contributed by atoms with E-state index in [-0.39, 0.29) is 27.8 Å². The average Bonchev–Trinajstić information content (AvgIpc) is 2.87. The first-order valence-corrected chi connectivity index (χ1v) is 12.1. The van der Waals surface area contributed by atoms with Crippen molar-refractivity contribution in [2.75, 3.05) is 51.0 Å². The number of aromatic nitrogens is 2. The van der Waals surface area contributed by atoms with Crippen molar-refractivity contribution < 1.29 is 13.5 Å². The highest BCUT2D eigenvalue weighted by Crippen LogP contribution is 2.35. The number of halogens is 2. The van der Waals surface area contributed by atoms with Gasteiger partial charge in [-0.15, -0.1) is 0 Å². The van der Waals surface area contributed by atoms with Crippen LogP contribution in [0.25, 0.3) is 33.0 Å². The minimum absolute atomic E-state index is 0.0129. The Bertz CT molecular complexity index is 1540. The summed E-state index contributed by atoms with van der Waals surface area (Å²) in [6.45, 7) is 5.10. The van der Waals surface area contributed by atoms with Gasteiger partial charge in [0.15, 0.2) is 0 Å². The first kappa shape index (κ1) is 24.9. The van der Waals surface area contributed by atoms with Crippen LogP contribution in [-0.2, 0) is 11.3 Å². The van der Waals surface area contributed by atoms with E-state index in [1.165, 1.54) is 6.92 Å². The molecular formula is C28H29F2N5O2. The summed E-state index contributed by atoms with van der Waals surface area (Å²) in [5, 5.41) is 0.403. The van der Waals surface area contributed by atoms with E-state index in [1.54, 1.807) is 24.3 Å². The normalized spacial score (nSPS) is 14.1. The Morgan fingerprint density at radius 1 is 1.03 bits per heavy atom. The molecule has 1 fully saturated rings. The largest absolute Gasteiger partial charge is 0.383 e. The summed E-state index contributed by atoms with van der Waals surface area (Å²) in [6.07, 6.45) is 0. The summed E-state index contributed by atoms with van der Waals surface area (Å²) in [5.41, 5.74) is 10.0. The molecule has 0 radical (unpaired) electrons. The molecule has 0 saturated carbocycles. The van der Waals surface area contributed by atoms with E-state index < -0.39 is 11.8 Å². The van der Waals surface area contributed by atoms with Crippen LogP contribution < -0.4 is 16.2 Å². The zero-order chi connectivity index (χ0) is 26.3.